The molecular weight excluding hydrogens is 274 g/mol. The summed E-state index contributed by atoms with van der Waals surface area (Å²) in [7, 11) is 0. The van der Waals surface area contributed by atoms with Gasteiger partial charge in [0.2, 0.25) is 5.95 Å². The van der Waals surface area contributed by atoms with Gasteiger partial charge in [-0.25, -0.2) is 9.97 Å². The van der Waals surface area contributed by atoms with Crippen LogP contribution in [0, 0.1) is 6.92 Å². The van der Waals surface area contributed by atoms with Crippen LogP contribution in [0.15, 0.2) is 20.8 Å². The molecule has 0 spiro atoms. The van der Waals surface area contributed by atoms with Gasteiger partial charge in [0.25, 0.3) is 0 Å². The van der Waals surface area contributed by atoms with Crippen molar-refractivity contribution in [2.45, 2.75) is 16.3 Å². The van der Waals surface area contributed by atoms with Crippen LogP contribution in [0.4, 0.5) is 5.95 Å². The second-order valence-electron chi connectivity index (χ2n) is 3.22. The van der Waals surface area contributed by atoms with Crippen LogP contribution < -0.4 is 5.73 Å². The van der Waals surface area contributed by atoms with Gasteiger partial charge in [-0.05, 0) is 30.1 Å². The van der Waals surface area contributed by atoms with E-state index in [0.29, 0.717) is 5.95 Å². The van der Waals surface area contributed by atoms with E-state index in [1.54, 1.807) is 22.7 Å². The summed E-state index contributed by atoms with van der Waals surface area (Å²) < 4.78 is 0.869. The minimum atomic E-state index is 0.295. The third kappa shape index (κ3) is 2.11. The number of anilines is 1. The predicted molar refractivity (Wildman–Crippen MR) is 70.6 cm³/mol. The van der Waals surface area contributed by atoms with Gasteiger partial charge in [-0.1, -0.05) is 11.3 Å². The first kappa shape index (κ1) is 10.9. The van der Waals surface area contributed by atoms with E-state index in [0.717, 1.165) is 24.6 Å². The van der Waals surface area contributed by atoms with E-state index in [-0.39, 0.29) is 0 Å². The number of aryl methyl sites for hydroxylation is 1. The van der Waals surface area contributed by atoms with Crippen molar-refractivity contribution in [3.8, 4) is 0 Å². The number of nitrogens with zero attached hydrogens (tertiary/aromatic N) is 4. The van der Waals surface area contributed by atoms with Crippen molar-refractivity contribution in [2.24, 2.45) is 0 Å². The standard InChI is InChI=1S/C9H7N5S3/c1-4-13-14-9(16-4)17-7-5-2-3-15-6(5)11-8(10)12-7/h2-3H,1H3,(H2,10,11,12). The molecule has 0 atom stereocenters. The van der Waals surface area contributed by atoms with Crippen LogP contribution in [0.3, 0.4) is 0 Å². The molecule has 0 unspecified atom stereocenters. The molecule has 0 aliphatic carbocycles. The first-order valence-corrected chi connectivity index (χ1v) is 7.22. The van der Waals surface area contributed by atoms with Crippen molar-refractivity contribution < 1.29 is 0 Å². The first-order chi connectivity index (χ1) is 8.22. The van der Waals surface area contributed by atoms with Crippen molar-refractivity contribution in [3.63, 3.8) is 0 Å². The highest BCUT2D eigenvalue weighted by Crippen LogP contribution is 2.34. The maximum atomic E-state index is 5.68. The molecule has 2 N–H and O–H groups in total. The van der Waals surface area contributed by atoms with Gasteiger partial charge in [0.15, 0.2) is 4.34 Å². The Kier molecular flexibility index (Phi) is 2.69. The van der Waals surface area contributed by atoms with Gasteiger partial charge in [0, 0.05) is 5.39 Å². The van der Waals surface area contributed by atoms with Crippen molar-refractivity contribution in [2.75, 3.05) is 5.73 Å². The Labute approximate surface area is 109 Å². The predicted octanol–water partition coefficient (Wildman–Crippen LogP) is 2.58. The maximum absolute atomic E-state index is 5.68. The molecule has 8 heteroatoms. The molecule has 0 aliphatic heterocycles. The SMILES string of the molecule is Cc1nnc(Sc2nc(N)nc3sccc23)s1. The Morgan fingerprint density at radius 3 is 2.94 bits per heavy atom. The molecule has 0 aliphatic rings. The minimum absolute atomic E-state index is 0.295. The maximum Gasteiger partial charge on any atom is 0.222 e. The van der Waals surface area contributed by atoms with Crippen molar-refractivity contribution in [1.82, 2.24) is 20.2 Å². The van der Waals surface area contributed by atoms with E-state index in [1.807, 2.05) is 18.4 Å². The third-order valence-electron chi connectivity index (χ3n) is 2.00. The molecule has 0 aromatic carbocycles. The lowest BCUT2D eigenvalue weighted by atomic mass is 10.4. The molecule has 17 heavy (non-hydrogen) atoms. The summed E-state index contributed by atoms with van der Waals surface area (Å²) in [4.78, 5) is 9.34. The Morgan fingerprint density at radius 1 is 1.29 bits per heavy atom. The molecule has 3 aromatic heterocycles. The first-order valence-electron chi connectivity index (χ1n) is 4.71. The topological polar surface area (TPSA) is 77.6 Å². The van der Waals surface area contributed by atoms with Crippen LogP contribution in [0.5, 0.6) is 0 Å². The second kappa shape index (κ2) is 4.21. The van der Waals surface area contributed by atoms with E-state index in [1.165, 1.54) is 11.8 Å². The van der Waals surface area contributed by atoms with Crippen LogP contribution in [0.25, 0.3) is 10.2 Å². The Hall–Kier alpha value is -1.25. The zero-order valence-corrected chi connectivity index (χ0v) is 11.2. The quantitative estimate of drug-likeness (QED) is 0.727. The molecule has 3 aromatic rings. The lowest BCUT2D eigenvalue weighted by molar-refractivity contribution is 0.981. The fraction of sp³-hybridized carbons (Fsp3) is 0.111. The van der Waals surface area contributed by atoms with Crippen molar-refractivity contribution >= 4 is 50.6 Å². The number of nitrogen functional groups attached to an aromatic ring is 1. The molecule has 86 valence electrons. The molecule has 0 bridgehead atoms. The van der Waals surface area contributed by atoms with E-state index in [9.17, 15) is 0 Å². The molecule has 3 heterocycles. The highest BCUT2D eigenvalue weighted by atomic mass is 32.2. The normalized spacial score (nSPS) is 11.1. The number of nitrogens with two attached hydrogens (primary N) is 1. The summed E-state index contributed by atoms with van der Waals surface area (Å²) in [6.45, 7) is 1.93. The molecule has 0 radical (unpaired) electrons. The van der Waals surface area contributed by atoms with Crippen LogP contribution in [-0.4, -0.2) is 20.2 Å². The van der Waals surface area contributed by atoms with Gasteiger partial charge in [-0.15, -0.1) is 21.5 Å². The summed E-state index contributed by atoms with van der Waals surface area (Å²) in [5, 5.41) is 12.8. The van der Waals surface area contributed by atoms with Gasteiger partial charge >= 0.3 is 0 Å². The lowest BCUT2D eigenvalue weighted by Gasteiger charge is -1.99. The highest BCUT2D eigenvalue weighted by Gasteiger charge is 2.11. The smallest absolute Gasteiger partial charge is 0.222 e. The molecule has 3 rings (SSSR count). The molecule has 5 nitrogen and oxygen atoms in total. The van der Waals surface area contributed by atoms with Gasteiger partial charge < -0.3 is 5.73 Å². The van der Waals surface area contributed by atoms with Crippen LogP contribution in [-0.2, 0) is 0 Å². The molecule has 0 amide bonds. The monoisotopic (exact) mass is 281 g/mol. The number of thiophene rings is 1. The number of rotatable bonds is 2. The zero-order valence-electron chi connectivity index (χ0n) is 8.75. The van der Waals surface area contributed by atoms with E-state index in [4.69, 9.17) is 5.73 Å². The lowest BCUT2D eigenvalue weighted by Crippen LogP contribution is -1.95. The summed E-state index contributed by atoms with van der Waals surface area (Å²) >= 11 is 4.57. The highest BCUT2D eigenvalue weighted by molar-refractivity contribution is 8.01. The number of hydrogen-bond donors (Lipinski definition) is 1. The van der Waals surface area contributed by atoms with Gasteiger partial charge in [0.1, 0.15) is 14.9 Å². The fourth-order valence-corrected chi connectivity index (χ4v) is 4.00. The Bertz CT molecular complexity index is 674. The summed E-state index contributed by atoms with van der Waals surface area (Å²) in [6, 6.07) is 2.00. The fourth-order valence-electron chi connectivity index (χ4n) is 1.32. The molecule has 0 saturated carbocycles. The van der Waals surface area contributed by atoms with Crippen LogP contribution in [0.1, 0.15) is 5.01 Å². The largest absolute Gasteiger partial charge is 0.368 e. The van der Waals surface area contributed by atoms with E-state index in [2.05, 4.69) is 20.2 Å². The molecular formula is C9H7N5S3. The average molecular weight is 281 g/mol. The minimum Gasteiger partial charge on any atom is -0.368 e. The number of fused-ring (bicyclic) bond motifs is 1. The summed E-state index contributed by atoms with van der Waals surface area (Å²) in [5.41, 5.74) is 5.68. The summed E-state index contributed by atoms with van der Waals surface area (Å²) in [6.07, 6.45) is 0. The second-order valence-corrected chi connectivity index (χ2v) is 6.53. The summed E-state index contributed by atoms with van der Waals surface area (Å²) in [5.74, 6) is 0.295. The van der Waals surface area contributed by atoms with Crippen LogP contribution in [0.2, 0.25) is 0 Å². The Morgan fingerprint density at radius 2 is 2.18 bits per heavy atom. The molecule has 0 fully saturated rings. The van der Waals surface area contributed by atoms with Gasteiger partial charge in [-0.3, -0.25) is 0 Å². The van der Waals surface area contributed by atoms with E-state index >= 15 is 0 Å². The van der Waals surface area contributed by atoms with Crippen molar-refractivity contribution in [1.29, 1.82) is 0 Å². The van der Waals surface area contributed by atoms with Gasteiger partial charge in [0.05, 0.1) is 0 Å². The van der Waals surface area contributed by atoms with E-state index < -0.39 is 0 Å². The van der Waals surface area contributed by atoms with Gasteiger partial charge in [-0.2, -0.15) is 0 Å². The van der Waals surface area contributed by atoms with Crippen LogP contribution >= 0.6 is 34.4 Å². The number of aromatic nitrogens is 4. The van der Waals surface area contributed by atoms with Crippen molar-refractivity contribution in [3.05, 3.63) is 16.5 Å². The molecule has 0 saturated heterocycles. The Balaban J connectivity index is 2.07. The number of hydrogen-bond acceptors (Lipinski definition) is 8. The average Bonchev–Trinajstić information content (AvgIpc) is 2.87. The third-order valence-corrected chi connectivity index (χ3v) is 4.70. The zero-order chi connectivity index (χ0) is 11.8.